The fraction of sp³-hybridized carbons (Fsp3) is 0.375. The molecule has 1 aromatic heterocycles. The molecule has 1 rings (SSSR count). The predicted octanol–water partition coefficient (Wildman–Crippen LogP) is 1.79. The molecule has 60 valence electrons. The van der Waals surface area contributed by atoms with Crippen LogP contribution in [-0.4, -0.2) is 10.1 Å². The van der Waals surface area contributed by atoms with E-state index >= 15 is 0 Å². The standard InChI is InChI=1S/C8H10ClNO/c1-2-6-3-4-7(9)8(5-11)10-6/h3-4,11H,2,5H2,1H3. The van der Waals surface area contributed by atoms with Gasteiger partial charge in [0.05, 0.1) is 17.3 Å². The van der Waals surface area contributed by atoms with Crippen molar-refractivity contribution in [3.05, 3.63) is 28.5 Å². The summed E-state index contributed by atoms with van der Waals surface area (Å²) >= 11 is 5.73. The minimum atomic E-state index is -0.0906. The van der Waals surface area contributed by atoms with Crippen molar-refractivity contribution in [3.63, 3.8) is 0 Å². The van der Waals surface area contributed by atoms with Crippen molar-refractivity contribution in [2.75, 3.05) is 0 Å². The van der Waals surface area contributed by atoms with Crippen molar-refractivity contribution in [2.24, 2.45) is 0 Å². The van der Waals surface area contributed by atoms with E-state index in [2.05, 4.69) is 4.98 Å². The third-order valence-electron chi connectivity index (χ3n) is 1.49. The highest BCUT2D eigenvalue weighted by Gasteiger charge is 2.00. The summed E-state index contributed by atoms with van der Waals surface area (Å²) in [6.45, 7) is 1.92. The molecule has 0 aliphatic rings. The van der Waals surface area contributed by atoms with Gasteiger partial charge in [-0.2, -0.15) is 0 Å². The summed E-state index contributed by atoms with van der Waals surface area (Å²) in [5.74, 6) is 0. The van der Waals surface area contributed by atoms with E-state index in [9.17, 15) is 0 Å². The van der Waals surface area contributed by atoms with Gasteiger partial charge in [0.2, 0.25) is 0 Å². The number of aromatic nitrogens is 1. The van der Waals surface area contributed by atoms with Crippen LogP contribution in [0.5, 0.6) is 0 Å². The van der Waals surface area contributed by atoms with Crippen molar-refractivity contribution in [1.82, 2.24) is 4.98 Å². The second-order valence-corrected chi connectivity index (χ2v) is 2.65. The van der Waals surface area contributed by atoms with E-state index < -0.39 is 0 Å². The van der Waals surface area contributed by atoms with Crippen molar-refractivity contribution in [1.29, 1.82) is 0 Å². The second kappa shape index (κ2) is 3.69. The summed E-state index contributed by atoms with van der Waals surface area (Å²) < 4.78 is 0. The van der Waals surface area contributed by atoms with E-state index in [1.165, 1.54) is 0 Å². The molecule has 1 N–H and O–H groups in total. The molecule has 0 atom stereocenters. The van der Waals surface area contributed by atoms with Gasteiger partial charge in [-0.3, -0.25) is 4.98 Å². The molecule has 2 nitrogen and oxygen atoms in total. The van der Waals surface area contributed by atoms with Gasteiger partial charge >= 0.3 is 0 Å². The minimum Gasteiger partial charge on any atom is -0.390 e. The largest absolute Gasteiger partial charge is 0.390 e. The maximum Gasteiger partial charge on any atom is 0.0868 e. The molecular weight excluding hydrogens is 162 g/mol. The van der Waals surface area contributed by atoms with Crippen molar-refractivity contribution in [3.8, 4) is 0 Å². The maximum absolute atomic E-state index is 8.79. The Morgan fingerprint density at radius 1 is 1.55 bits per heavy atom. The average molecular weight is 172 g/mol. The zero-order chi connectivity index (χ0) is 8.27. The third-order valence-corrected chi connectivity index (χ3v) is 1.83. The van der Waals surface area contributed by atoms with Crippen molar-refractivity contribution in [2.45, 2.75) is 20.0 Å². The van der Waals surface area contributed by atoms with Gasteiger partial charge in [-0.1, -0.05) is 18.5 Å². The van der Waals surface area contributed by atoms with Crippen LogP contribution in [0.15, 0.2) is 12.1 Å². The SMILES string of the molecule is CCc1ccc(Cl)c(CO)n1. The molecule has 0 aromatic carbocycles. The van der Waals surface area contributed by atoms with Crippen LogP contribution in [0, 0.1) is 0 Å². The van der Waals surface area contributed by atoms with Crippen LogP contribution in [0.4, 0.5) is 0 Å². The lowest BCUT2D eigenvalue weighted by Gasteiger charge is -2.01. The highest BCUT2D eigenvalue weighted by Crippen LogP contribution is 2.13. The molecule has 0 saturated heterocycles. The monoisotopic (exact) mass is 171 g/mol. The van der Waals surface area contributed by atoms with Crippen LogP contribution in [-0.2, 0) is 13.0 Å². The fourth-order valence-electron chi connectivity index (χ4n) is 0.837. The lowest BCUT2D eigenvalue weighted by atomic mass is 10.2. The molecule has 0 aliphatic carbocycles. The third kappa shape index (κ3) is 1.91. The van der Waals surface area contributed by atoms with Gasteiger partial charge in [0.1, 0.15) is 0 Å². The Morgan fingerprint density at radius 3 is 2.82 bits per heavy atom. The molecule has 3 heteroatoms. The van der Waals surface area contributed by atoms with Crippen molar-refractivity contribution < 1.29 is 5.11 Å². The average Bonchev–Trinajstić information content (AvgIpc) is 2.05. The van der Waals surface area contributed by atoms with E-state index in [1.807, 2.05) is 13.0 Å². The number of nitrogens with zero attached hydrogens (tertiary/aromatic N) is 1. The molecule has 0 bridgehead atoms. The van der Waals surface area contributed by atoms with E-state index in [-0.39, 0.29) is 6.61 Å². The number of aliphatic hydroxyl groups excluding tert-OH is 1. The molecule has 0 saturated carbocycles. The first-order chi connectivity index (χ1) is 5.27. The predicted molar refractivity (Wildman–Crippen MR) is 44.5 cm³/mol. The Labute approximate surface area is 70.8 Å². The van der Waals surface area contributed by atoms with Crippen LogP contribution < -0.4 is 0 Å². The summed E-state index contributed by atoms with van der Waals surface area (Å²) in [6, 6.07) is 3.63. The van der Waals surface area contributed by atoms with E-state index in [0.717, 1.165) is 12.1 Å². The number of hydrogen-bond acceptors (Lipinski definition) is 2. The van der Waals surface area contributed by atoms with E-state index in [0.29, 0.717) is 10.7 Å². The molecule has 0 amide bonds. The number of rotatable bonds is 2. The highest BCUT2D eigenvalue weighted by molar-refractivity contribution is 6.31. The van der Waals surface area contributed by atoms with Gasteiger partial charge in [0, 0.05) is 5.69 Å². The lowest BCUT2D eigenvalue weighted by molar-refractivity contribution is 0.276. The summed E-state index contributed by atoms with van der Waals surface area (Å²) in [5, 5.41) is 9.32. The maximum atomic E-state index is 8.79. The number of halogens is 1. The topological polar surface area (TPSA) is 33.1 Å². The minimum absolute atomic E-state index is 0.0906. The molecule has 0 radical (unpaired) electrons. The van der Waals surface area contributed by atoms with Crippen molar-refractivity contribution >= 4 is 11.6 Å². The quantitative estimate of drug-likeness (QED) is 0.736. The van der Waals surface area contributed by atoms with Gasteiger partial charge < -0.3 is 5.11 Å². The molecule has 11 heavy (non-hydrogen) atoms. The summed E-state index contributed by atoms with van der Waals surface area (Å²) in [4.78, 5) is 4.13. The number of hydrogen-bond donors (Lipinski definition) is 1. The first-order valence-electron chi connectivity index (χ1n) is 3.53. The fourth-order valence-corrected chi connectivity index (χ4v) is 1.00. The Hall–Kier alpha value is -0.600. The van der Waals surface area contributed by atoms with Gasteiger partial charge in [0.15, 0.2) is 0 Å². The molecular formula is C8H10ClNO. The Bertz CT molecular complexity index is 250. The lowest BCUT2D eigenvalue weighted by Crippen LogP contribution is -1.94. The first-order valence-corrected chi connectivity index (χ1v) is 3.91. The van der Waals surface area contributed by atoms with Gasteiger partial charge in [-0.25, -0.2) is 0 Å². The Morgan fingerprint density at radius 2 is 2.27 bits per heavy atom. The van der Waals surface area contributed by atoms with Crippen LogP contribution in [0.1, 0.15) is 18.3 Å². The zero-order valence-electron chi connectivity index (χ0n) is 6.34. The van der Waals surface area contributed by atoms with Gasteiger partial charge in [-0.15, -0.1) is 0 Å². The van der Waals surface area contributed by atoms with Crippen LogP contribution in [0.25, 0.3) is 0 Å². The second-order valence-electron chi connectivity index (χ2n) is 2.24. The molecule has 0 fully saturated rings. The zero-order valence-corrected chi connectivity index (χ0v) is 7.10. The number of pyridine rings is 1. The summed E-state index contributed by atoms with van der Waals surface area (Å²) in [7, 11) is 0. The van der Waals surface area contributed by atoms with Crippen LogP contribution in [0.2, 0.25) is 5.02 Å². The Balaban J connectivity index is 3.02. The molecule has 0 spiro atoms. The smallest absolute Gasteiger partial charge is 0.0868 e. The van der Waals surface area contributed by atoms with Gasteiger partial charge in [-0.05, 0) is 18.6 Å². The van der Waals surface area contributed by atoms with E-state index in [1.54, 1.807) is 6.07 Å². The number of aliphatic hydroxyl groups is 1. The van der Waals surface area contributed by atoms with E-state index in [4.69, 9.17) is 16.7 Å². The molecule has 1 aromatic rings. The number of aryl methyl sites for hydroxylation is 1. The van der Waals surface area contributed by atoms with Gasteiger partial charge in [0.25, 0.3) is 0 Å². The Kier molecular flexibility index (Phi) is 2.85. The molecule has 1 heterocycles. The first kappa shape index (κ1) is 8.50. The normalized spacial score (nSPS) is 10.1. The van der Waals surface area contributed by atoms with Crippen LogP contribution >= 0.6 is 11.6 Å². The molecule has 0 unspecified atom stereocenters. The van der Waals surface area contributed by atoms with Crippen LogP contribution in [0.3, 0.4) is 0 Å². The summed E-state index contributed by atoms with van der Waals surface area (Å²) in [5.41, 5.74) is 1.52. The molecule has 0 aliphatic heterocycles. The highest BCUT2D eigenvalue weighted by atomic mass is 35.5. The summed E-state index contributed by atoms with van der Waals surface area (Å²) in [6.07, 6.45) is 0.865.